The lowest BCUT2D eigenvalue weighted by Gasteiger charge is -2.34. The van der Waals surface area contributed by atoms with Crippen molar-refractivity contribution in [2.75, 3.05) is 33.3 Å². The highest BCUT2D eigenvalue weighted by atomic mass is 16.3. The first-order valence-corrected chi connectivity index (χ1v) is 9.23. The van der Waals surface area contributed by atoms with Crippen LogP contribution in [0.5, 0.6) is 0 Å². The normalized spacial score (nSPS) is 22.6. The Bertz CT molecular complexity index is 699. The van der Waals surface area contributed by atoms with Crippen LogP contribution in [-0.2, 0) is 4.79 Å². The van der Waals surface area contributed by atoms with E-state index in [0.717, 1.165) is 25.0 Å². The molecular weight excluding hydrogens is 336 g/mol. The number of imide groups is 1. The second-order valence-corrected chi connectivity index (χ2v) is 6.87. The number of urea groups is 1. The van der Waals surface area contributed by atoms with Crippen molar-refractivity contribution in [3.63, 3.8) is 0 Å². The molecule has 0 aliphatic carbocycles. The lowest BCUT2D eigenvalue weighted by atomic mass is 10.1. The van der Waals surface area contributed by atoms with E-state index in [1.807, 2.05) is 11.5 Å². The Morgan fingerprint density at radius 1 is 1.23 bits per heavy atom. The highest BCUT2D eigenvalue weighted by Gasteiger charge is 2.54. The molecule has 3 aliphatic heterocycles. The van der Waals surface area contributed by atoms with Gasteiger partial charge in [-0.15, -0.1) is 10.1 Å². The summed E-state index contributed by atoms with van der Waals surface area (Å²) >= 11 is 0. The molecule has 0 aromatic carbocycles. The lowest BCUT2D eigenvalue weighted by Crippen LogP contribution is -2.63. The number of guanidine groups is 1. The monoisotopic (exact) mass is 363 g/mol. The van der Waals surface area contributed by atoms with E-state index < -0.39 is 6.04 Å². The second kappa shape index (κ2) is 7.53. The number of aliphatic imine (C=N–C) groups is 1. The third-order valence-electron chi connectivity index (χ3n) is 4.82. The Morgan fingerprint density at radius 2 is 2.00 bits per heavy atom. The van der Waals surface area contributed by atoms with Crippen LogP contribution in [0.25, 0.3) is 0 Å². The summed E-state index contributed by atoms with van der Waals surface area (Å²) in [5.41, 5.74) is 0.869. The molecule has 1 unspecified atom stereocenters. The topological polar surface area (TPSA) is 91.8 Å². The van der Waals surface area contributed by atoms with Gasteiger partial charge in [-0.2, -0.15) is 0 Å². The number of amides is 3. The number of hydrazone groups is 1. The number of nitrogens with zero attached hydrogens (tertiary/aromatic N) is 6. The Morgan fingerprint density at radius 3 is 2.69 bits per heavy atom. The van der Waals surface area contributed by atoms with Gasteiger partial charge >= 0.3 is 12.0 Å². The van der Waals surface area contributed by atoms with Crippen molar-refractivity contribution in [2.24, 2.45) is 10.1 Å². The molecule has 9 heteroatoms. The van der Waals surface area contributed by atoms with Gasteiger partial charge < -0.3 is 5.11 Å². The average Bonchev–Trinajstić information content (AvgIpc) is 3.00. The summed E-state index contributed by atoms with van der Waals surface area (Å²) < 4.78 is 1.91. The number of carbonyl (C=O) groups is 2. The van der Waals surface area contributed by atoms with E-state index in [2.05, 4.69) is 17.0 Å². The summed E-state index contributed by atoms with van der Waals surface area (Å²) in [4.78, 5) is 33.1. The Balaban J connectivity index is 1.89. The minimum absolute atomic E-state index is 0.0564. The molecule has 26 heavy (non-hydrogen) atoms. The van der Waals surface area contributed by atoms with Crippen molar-refractivity contribution in [3.8, 4) is 0 Å². The molecule has 3 aliphatic rings. The number of aliphatic hydroxyl groups excluding tert-OH is 1. The molecule has 3 heterocycles. The number of aliphatic hydroxyl groups is 1. The fourth-order valence-corrected chi connectivity index (χ4v) is 3.50. The minimum atomic E-state index is -0.587. The maximum absolute atomic E-state index is 13.1. The SMILES string of the molecule is CCCCCN1C(=O)C2C(=NC3=[N+]2CC(C)=NN3CCCO)N(C)C1=O. The minimum Gasteiger partial charge on any atom is -0.396 e. The highest BCUT2D eigenvalue weighted by Crippen LogP contribution is 2.23. The molecule has 0 bridgehead atoms. The summed E-state index contributed by atoms with van der Waals surface area (Å²) in [6.07, 6.45) is 3.37. The van der Waals surface area contributed by atoms with Crippen LogP contribution in [0, 0.1) is 0 Å². The zero-order valence-corrected chi connectivity index (χ0v) is 15.7. The summed E-state index contributed by atoms with van der Waals surface area (Å²) in [6.45, 7) is 5.49. The van der Waals surface area contributed by atoms with Gasteiger partial charge in [0.05, 0.1) is 12.3 Å². The first kappa shape index (κ1) is 18.5. The molecule has 3 amide bonds. The van der Waals surface area contributed by atoms with Crippen molar-refractivity contribution in [1.82, 2.24) is 14.8 Å². The van der Waals surface area contributed by atoms with Crippen molar-refractivity contribution in [2.45, 2.75) is 45.6 Å². The largest absolute Gasteiger partial charge is 0.416 e. The standard InChI is InChI=1S/C17H27N6O3/c1-4-5-6-8-21-15(25)13-14(20(3)17(21)26)18-16-22(13)11-12(2)19-23(16)9-7-10-24/h13,24H,4-11H2,1-3H3/q+1. The molecule has 1 saturated heterocycles. The van der Waals surface area contributed by atoms with Gasteiger partial charge in [0, 0.05) is 26.6 Å². The number of hydrogen-bond acceptors (Lipinski definition) is 6. The molecule has 0 spiro atoms. The molecule has 0 saturated carbocycles. The number of hydrogen-bond donors (Lipinski definition) is 1. The lowest BCUT2D eigenvalue weighted by molar-refractivity contribution is -0.527. The van der Waals surface area contributed by atoms with E-state index >= 15 is 0 Å². The van der Waals surface area contributed by atoms with Gasteiger partial charge in [0.2, 0.25) is 11.9 Å². The maximum atomic E-state index is 13.1. The number of rotatable bonds is 7. The molecule has 1 atom stereocenters. The van der Waals surface area contributed by atoms with Crippen molar-refractivity contribution in [1.29, 1.82) is 0 Å². The van der Waals surface area contributed by atoms with Gasteiger partial charge in [0.1, 0.15) is 6.54 Å². The number of carbonyl (C=O) groups excluding carboxylic acids is 2. The van der Waals surface area contributed by atoms with Crippen LogP contribution in [0.3, 0.4) is 0 Å². The van der Waals surface area contributed by atoms with E-state index in [1.54, 1.807) is 12.1 Å². The molecule has 0 radical (unpaired) electrons. The summed E-state index contributed by atoms with van der Waals surface area (Å²) in [5.74, 6) is 0.822. The van der Waals surface area contributed by atoms with E-state index in [9.17, 15) is 9.59 Å². The van der Waals surface area contributed by atoms with E-state index in [-0.39, 0.29) is 18.5 Å². The third kappa shape index (κ3) is 3.11. The van der Waals surface area contributed by atoms with Crippen LogP contribution in [0.1, 0.15) is 39.5 Å². The number of likely N-dealkylation sites (N-methyl/N-ethyl adjacent to an activating group) is 1. The van der Waals surface area contributed by atoms with Gasteiger partial charge in [-0.1, -0.05) is 24.8 Å². The van der Waals surface area contributed by atoms with Gasteiger partial charge in [-0.05, 0) is 13.3 Å². The van der Waals surface area contributed by atoms with Gasteiger partial charge in [-0.3, -0.25) is 14.6 Å². The molecule has 0 aromatic heterocycles. The predicted octanol–water partition coefficient (Wildman–Crippen LogP) is 0.294. The molecule has 1 fully saturated rings. The Labute approximate surface area is 153 Å². The van der Waals surface area contributed by atoms with Gasteiger partial charge in [0.15, 0.2) is 0 Å². The van der Waals surface area contributed by atoms with Gasteiger partial charge in [0.25, 0.3) is 5.91 Å². The summed E-state index contributed by atoms with van der Waals surface area (Å²) in [7, 11) is 1.66. The van der Waals surface area contributed by atoms with Crippen molar-refractivity contribution < 1.29 is 19.3 Å². The molecule has 1 N–H and O–H groups in total. The molecule has 142 valence electrons. The smallest absolute Gasteiger partial charge is 0.396 e. The van der Waals surface area contributed by atoms with Crippen LogP contribution < -0.4 is 0 Å². The molecule has 9 nitrogen and oxygen atoms in total. The van der Waals surface area contributed by atoms with Crippen LogP contribution in [0.15, 0.2) is 10.1 Å². The van der Waals surface area contributed by atoms with Crippen molar-refractivity contribution >= 4 is 29.4 Å². The van der Waals surface area contributed by atoms with Crippen LogP contribution >= 0.6 is 0 Å². The number of amidine groups is 1. The Hall–Kier alpha value is -2.29. The van der Waals surface area contributed by atoms with Gasteiger partial charge in [-0.25, -0.2) is 9.37 Å². The summed E-state index contributed by atoms with van der Waals surface area (Å²) in [5, 5.41) is 15.3. The zero-order valence-electron chi connectivity index (χ0n) is 15.7. The average molecular weight is 363 g/mol. The number of unbranched alkanes of at least 4 members (excludes halogenated alkanes) is 2. The molecular formula is C17H27N6O3+. The van der Waals surface area contributed by atoms with Crippen LogP contribution in [-0.4, -0.2) is 93.3 Å². The van der Waals surface area contributed by atoms with Crippen LogP contribution in [0.2, 0.25) is 0 Å². The summed E-state index contributed by atoms with van der Waals surface area (Å²) in [6, 6.07) is -0.905. The van der Waals surface area contributed by atoms with E-state index in [4.69, 9.17) is 5.11 Å². The first-order chi connectivity index (χ1) is 12.5. The third-order valence-corrected chi connectivity index (χ3v) is 4.82. The maximum Gasteiger partial charge on any atom is 0.416 e. The Kier molecular flexibility index (Phi) is 5.36. The second-order valence-electron chi connectivity index (χ2n) is 6.87. The van der Waals surface area contributed by atoms with E-state index in [1.165, 1.54) is 9.80 Å². The highest BCUT2D eigenvalue weighted by molar-refractivity contribution is 6.23. The quantitative estimate of drug-likeness (QED) is 0.520. The van der Waals surface area contributed by atoms with Crippen molar-refractivity contribution in [3.05, 3.63) is 0 Å². The fourth-order valence-electron chi connectivity index (χ4n) is 3.50. The fraction of sp³-hybridized carbons (Fsp3) is 0.706. The molecule has 3 rings (SSSR count). The first-order valence-electron chi connectivity index (χ1n) is 9.23. The zero-order chi connectivity index (χ0) is 18.8. The predicted molar refractivity (Wildman–Crippen MR) is 97.3 cm³/mol. The van der Waals surface area contributed by atoms with E-state index in [0.29, 0.717) is 37.9 Å². The molecule has 0 aromatic rings. The number of fused-ring (bicyclic) bond motifs is 2. The van der Waals surface area contributed by atoms with Crippen LogP contribution in [0.4, 0.5) is 4.79 Å².